The number of thiazole rings is 1. The van der Waals surface area contributed by atoms with E-state index < -0.39 is 0 Å². The van der Waals surface area contributed by atoms with Crippen LogP contribution in [0.15, 0.2) is 46.8 Å². The maximum absolute atomic E-state index is 12.1. The molecule has 1 atom stereocenters. The Morgan fingerprint density at radius 2 is 2.04 bits per heavy atom. The minimum atomic E-state index is -0.0917. The topological polar surface area (TPSA) is 42.0 Å². The van der Waals surface area contributed by atoms with Crippen LogP contribution in [-0.4, -0.2) is 16.6 Å². The number of amides is 1. The molecule has 1 amide bonds. The van der Waals surface area contributed by atoms with Crippen LogP contribution in [0.3, 0.4) is 0 Å². The van der Waals surface area contributed by atoms with E-state index in [-0.39, 0.29) is 11.9 Å². The Morgan fingerprint density at radius 3 is 2.83 bits per heavy atom. The number of thioether (sulfide) groups is 1. The number of hydrogen-bond donors (Lipinski definition) is 1. The van der Waals surface area contributed by atoms with Gasteiger partial charge >= 0.3 is 0 Å². The second kappa shape index (κ2) is 7.74. The average Bonchev–Trinajstić information content (AvgIpc) is 2.95. The Hall–Kier alpha value is -1.27. The molecule has 0 saturated carbocycles. The summed E-state index contributed by atoms with van der Waals surface area (Å²) in [6.07, 6.45) is 0. The van der Waals surface area contributed by atoms with Gasteiger partial charge in [0, 0.05) is 10.0 Å². The van der Waals surface area contributed by atoms with Crippen molar-refractivity contribution in [2.45, 2.75) is 17.3 Å². The quantitative estimate of drug-likeness (QED) is 0.572. The molecule has 0 aliphatic heterocycles. The standard InChI is InChI=1S/C17H14Cl2N2OS2/c1-10(11-3-2-4-12(18)7-11)20-16(22)9-23-17-21-14-8-13(19)5-6-15(14)24-17/h2-8,10H,9H2,1H3,(H,20,22)/t10-/m0/s1. The molecule has 0 spiro atoms. The minimum absolute atomic E-state index is 0.0373. The predicted octanol–water partition coefficient (Wildman–Crippen LogP) is 5.57. The highest BCUT2D eigenvalue weighted by molar-refractivity contribution is 8.01. The summed E-state index contributed by atoms with van der Waals surface area (Å²) in [6, 6.07) is 13.0. The molecule has 1 aromatic heterocycles. The molecule has 0 bridgehead atoms. The summed E-state index contributed by atoms with van der Waals surface area (Å²) in [5, 5.41) is 4.30. The fourth-order valence-electron chi connectivity index (χ4n) is 2.21. The summed E-state index contributed by atoms with van der Waals surface area (Å²) in [5.74, 6) is 0.281. The number of nitrogens with one attached hydrogen (secondary N) is 1. The molecule has 2 aromatic carbocycles. The number of halogens is 2. The largest absolute Gasteiger partial charge is 0.349 e. The Kier molecular flexibility index (Phi) is 5.66. The van der Waals surface area contributed by atoms with Gasteiger partial charge in [0.15, 0.2) is 4.34 Å². The van der Waals surface area contributed by atoms with Crippen LogP contribution in [0.2, 0.25) is 10.0 Å². The van der Waals surface area contributed by atoms with Crippen molar-refractivity contribution in [1.82, 2.24) is 10.3 Å². The van der Waals surface area contributed by atoms with Crippen LogP contribution in [0.25, 0.3) is 10.2 Å². The molecular formula is C17H14Cl2N2OS2. The van der Waals surface area contributed by atoms with Gasteiger partial charge in [-0.15, -0.1) is 11.3 Å². The van der Waals surface area contributed by atoms with Gasteiger partial charge in [-0.2, -0.15) is 0 Å². The minimum Gasteiger partial charge on any atom is -0.349 e. The summed E-state index contributed by atoms with van der Waals surface area (Å²) in [7, 11) is 0. The van der Waals surface area contributed by atoms with Gasteiger partial charge < -0.3 is 5.32 Å². The number of benzene rings is 2. The smallest absolute Gasteiger partial charge is 0.230 e. The Bertz CT molecular complexity index is 882. The van der Waals surface area contributed by atoms with Gasteiger partial charge in [0.25, 0.3) is 0 Å². The van der Waals surface area contributed by atoms with Crippen LogP contribution in [0.1, 0.15) is 18.5 Å². The SMILES string of the molecule is C[C@H](NC(=O)CSc1nc2cc(Cl)ccc2s1)c1cccc(Cl)c1. The Morgan fingerprint density at radius 1 is 1.25 bits per heavy atom. The average molecular weight is 397 g/mol. The van der Waals surface area contributed by atoms with E-state index in [9.17, 15) is 4.79 Å². The van der Waals surface area contributed by atoms with E-state index in [0.29, 0.717) is 15.8 Å². The third kappa shape index (κ3) is 4.42. The Balaban J connectivity index is 1.58. The van der Waals surface area contributed by atoms with E-state index in [0.717, 1.165) is 20.1 Å². The molecule has 7 heteroatoms. The van der Waals surface area contributed by atoms with Crippen LogP contribution >= 0.6 is 46.3 Å². The van der Waals surface area contributed by atoms with Crippen molar-refractivity contribution in [2.24, 2.45) is 0 Å². The lowest BCUT2D eigenvalue weighted by molar-refractivity contribution is -0.119. The van der Waals surface area contributed by atoms with Gasteiger partial charge in [-0.05, 0) is 42.8 Å². The molecule has 0 radical (unpaired) electrons. The molecular weight excluding hydrogens is 383 g/mol. The summed E-state index contributed by atoms with van der Waals surface area (Å²) < 4.78 is 1.92. The van der Waals surface area contributed by atoms with Crippen LogP contribution in [0.5, 0.6) is 0 Å². The van der Waals surface area contributed by atoms with Gasteiger partial charge in [0.1, 0.15) is 0 Å². The molecule has 0 aliphatic carbocycles. The fourth-order valence-corrected chi connectivity index (χ4v) is 4.44. The van der Waals surface area contributed by atoms with Crippen molar-refractivity contribution in [1.29, 1.82) is 0 Å². The molecule has 0 aliphatic rings. The number of carbonyl (C=O) groups excluding carboxylic acids is 1. The number of nitrogens with zero attached hydrogens (tertiary/aromatic N) is 1. The van der Waals surface area contributed by atoms with Gasteiger partial charge in [-0.1, -0.05) is 47.1 Å². The highest BCUT2D eigenvalue weighted by Crippen LogP contribution is 2.31. The van der Waals surface area contributed by atoms with Crippen molar-refractivity contribution in [2.75, 3.05) is 5.75 Å². The molecule has 24 heavy (non-hydrogen) atoms. The van der Waals surface area contributed by atoms with E-state index in [1.54, 1.807) is 11.3 Å². The maximum atomic E-state index is 12.1. The number of hydrogen-bond acceptors (Lipinski definition) is 4. The van der Waals surface area contributed by atoms with Gasteiger partial charge in [0.2, 0.25) is 5.91 Å². The lowest BCUT2D eigenvalue weighted by Gasteiger charge is -2.14. The number of rotatable bonds is 5. The van der Waals surface area contributed by atoms with Gasteiger partial charge in [-0.25, -0.2) is 4.98 Å². The third-order valence-corrected chi connectivity index (χ3v) is 6.03. The highest BCUT2D eigenvalue weighted by atomic mass is 35.5. The number of fused-ring (bicyclic) bond motifs is 1. The van der Waals surface area contributed by atoms with Crippen molar-refractivity contribution in [3.8, 4) is 0 Å². The lowest BCUT2D eigenvalue weighted by atomic mass is 10.1. The van der Waals surface area contributed by atoms with Crippen molar-refractivity contribution >= 4 is 62.4 Å². The molecule has 3 aromatic rings. The van der Waals surface area contributed by atoms with Crippen LogP contribution < -0.4 is 5.32 Å². The van der Waals surface area contributed by atoms with Gasteiger partial charge in [-0.3, -0.25) is 4.79 Å². The van der Waals surface area contributed by atoms with Crippen molar-refractivity contribution < 1.29 is 4.79 Å². The second-order valence-corrected chi connectivity index (χ2v) is 8.35. The Labute approximate surface area is 158 Å². The van der Waals surface area contributed by atoms with Crippen LogP contribution in [-0.2, 0) is 4.79 Å². The fraction of sp³-hybridized carbons (Fsp3) is 0.176. The molecule has 124 valence electrons. The molecule has 3 rings (SSSR count). The van der Waals surface area contributed by atoms with E-state index in [1.807, 2.05) is 49.4 Å². The van der Waals surface area contributed by atoms with E-state index >= 15 is 0 Å². The summed E-state index contributed by atoms with van der Waals surface area (Å²) in [4.78, 5) is 16.6. The zero-order valence-corrected chi connectivity index (χ0v) is 15.9. The van der Waals surface area contributed by atoms with Gasteiger partial charge in [0.05, 0.1) is 22.0 Å². The van der Waals surface area contributed by atoms with Crippen LogP contribution in [0.4, 0.5) is 0 Å². The zero-order chi connectivity index (χ0) is 17.1. The first kappa shape index (κ1) is 17.5. The number of carbonyl (C=O) groups is 1. The first-order valence-electron chi connectivity index (χ1n) is 7.25. The van der Waals surface area contributed by atoms with Crippen molar-refractivity contribution in [3.63, 3.8) is 0 Å². The summed E-state index contributed by atoms with van der Waals surface area (Å²) in [6.45, 7) is 1.94. The molecule has 1 heterocycles. The lowest BCUT2D eigenvalue weighted by Crippen LogP contribution is -2.28. The number of aromatic nitrogens is 1. The normalized spacial score (nSPS) is 12.3. The summed E-state index contributed by atoms with van der Waals surface area (Å²) >= 11 is 14.9. The van der Waals surface area contributed by atoms with Crippen molar-refractivity contribution in [3.05, 3.63) is 58.1 Å². The first-order chi connectivity index (χ1) is 11.5. The molecule has 3 nitrogen and oxygen atoms in total. The highest BCUT2D eigenvalue weighted by Gasteiger charge is 2.12. The molecule has 0 unspecified atom stereocenters. The maximum Gasteiger partial charge on any atom is 0.230 e. The van der Waals surface area contributed by atoms with E-state index in [1.165, 1.54) is 11.8 Å². The zero-order valence-electron chi connectivity index (χ0n) is 12.8. The second-order valence-electron chi connectivity index (χ2n) is 5.22. The molecule has 1 N–H and O–H groups in total. The molecule has 0 fully saturated rings. The van der Waals surface area contributed by atoms with E-state index in [4.69, 9.17) is 23.2 Å². The monoisotopic (exact) mass is 396 g/mol. The summed E-state index contributed by atoms with van der Waals surface area (Å²) in [5.41, 5.74) is 1.85. The predicted molar refractivity (Wildman–Crippen MR) is 103 cm³/mol. The first-order valence-corrected chi connectivity index (χ1v) is 9.81. The third-order valence-electron chi connectivity index (χ3n) is 3.38. The van der Waals surface area contributed by atoms with Crippen LogP contribution in [0, 0.1) is 0 Å². The van der Waals surface area contributed by atoms with E-state index in [2.05, 4.69) is 10.3 Å². The molecule has 0 saturated heterocycles.